The third-order valence-electron chi connectivity index (χ3n) is 8.09. The van der Waals surface area contributed by atoms with Gasteiger partial charge in [-0.25, -0.2) is 0 Å². The molecule has 3 atom stereocenters. The van der Waals surface area contributed by atoms with Gasteiger partial charge in [-0.05, 0) is 55.3 Å². The van der Waals surface area contributed by atoms with Gasteiger partial charge in [-0.3, -0.25) is 9.69 Å². The van der Waals surface area contributed by atoms with E-state index in [4.69, 9.17) is 4.74 Å². The average molecular weight is 477 g/mol. The molecule has 35 heavy (non-hydrogen) atoms. The van der Waals surface area contributed by atoms with Crippen LogP contribution < -0.4 is 15.0 Å². The van der Waals surface area contributed by atoms with E-state index in [1.807, 2.05) is 12.1 Å². The molecule has 6 heteroatoms. The van der Waals surface area contributed by atoms with Crippen molar-refractivity contribution in [1.82, 2.24) is 15.1 Å². The summed E-state index contributed by atoms with van der Waals surface area (Å²) in [5, 5.41) is 3.82. The summed E-state index contributed by atoms with van der Waals surface area (Å²) in [7, 11) is 1.70. The second-order valence-electron chi connectivity index (χ2n) is 10.5. The number of nitrogens with one attached hydrogen (secondary N) is 1. The number of carbonyl (C=O) groups excluding carboxylic acids is 1. The fourth-order valence-electron chi connectivity index (χ4n) is 6.23. The number of carbonyl (C=O) groups is 1. The standard InChI is InChI=1S/C29H40N4O2/c1-35-27-10-5-9-26(18-27)32-13-15-33(16-14-32)29(34)12-6-11-28-25-17-24(19-30-28)21-31(22-25)20-23-7-3-2-4-8-23/h2-5,7-10,18,24-25,28,30H,6,11-17,19-22H2,1H3/t24-,25-,28+/m0/s1. The Kier molecular flexibility index (Phi) is 7.89. The van der Waals surface area contributed by atoms with Gasteiger partial charge in [-0.15, -0.1) is 0 Å². The lowest BCUT2D eigenvalue weighted by molar-refractivity contribution is -0.131. The molecule has 2 aromatic rings. The summed E-state index contributed by atoms with van der Waals surface area (Å²) in [6, 6.07) is 19.6. The fraction of sp³-hybridized carbons (Fsp3) is 0.552. The first-order chi connectivity index (χ1) is 17.2. The summed E-state index contributed by atoms with van der Waals surface area (Å²) < 4.78 is 5.36. The number of hydrogen-bond acceptors (Lipinski definition) is 5. The number of anilines is 1. The normalized spacial score (nSPS) is 24.9. The van der Waals surface area contributed by atoms with Crippen molar-refractivity contribution >= 4 is 11.6 Å². The van der Waals surface area contributed by atoms with Crippen LogP contribution in [0.25, 0.3) is 0 Å². The number of amides is 1. The summed E-state index contributed by atoms with van der Waals surface area (Å²) in [5.74, 6) is 2.66. The Hall–Kier alpha value is -2.57. The van der Waals surface area contributed by atoms with Gasteiger partial charge in [-0.2, -0.15) is 0 Å². The Bertz CT molecular complexity index is 960. The molecule has 3 fully saturated rings. The highest BCUT2D eigenvalue weighted by Gasteiger charge is 2.36. The van der Waals surface area contributed by atoms with Crippen LogP contribution in [-0.2, 0) is 11.3 Å². The zero-order chi connectivity index (χ0) is 24.0. The van der Waals surface area contributed by atoms with Crippen LogP contribution in [0.1, 0.15) is 31.2 Å². The lowest BCUT2D eigenvalue weighted by Gasteiger charge is -2.46. The van der Waals surface area contributed by atoms with Crippen LogP contribution in [0.2, 0.25) is 0 Å². The molecule has 0 radical (unpaired) electrons. The minimum atomic E-state index is 0.318. The molecule has 2 bridgehead atoms. The summed E-state index contributed by atoms with van der Waals surface area (Å²) >= 11 is 0. The molecule has 3 saturated heterocycles. The van der Waals surface area contributed by atoms with E-state index in [0.717, 1.165) is 63.8 Å². The zero-order valence-electron chi connectivity index (χ0n) is 21.1. The van der Waals surface area contributed by atoms with Crippen LogP contribution in [0.4, 0.5) is 5.69 Å². The summed E-state index contributed by atoms with van der Waals surface area (Å²) in [6.07, 6.45) is 4.09. The maximum absolute atomic E-state index is 12.9. The molecule has 0 aliphatic carbocycles. The van der Waals surface area contributed by atoms with Crippen LogP contribution >= 0.6 is 0 Å². The van der Waals surface area contributed by atoms with Crippen LogP contribution in [0.15, 0.2) is 54.6 Å². The quantitative estimate of drug-likeness (QED) is 0.631. The minimum Gasteiger partial charge on any atom is -0.497 e. The molecular weight excluding hydrogens is 436 g/mol. The third-order valence-corrected chi connectivity index (χ3v) is 8.09. The van der Waals surface area contributed by atoms with Gasteiger partial charge < -0.3 is 19.9 Å². The Balaban J connectivity index is 1.05. The molecule has 6 nitrogen and oxygen atoms in total. The van der Waals surface area contributed by atoms with Gasteiger partial charge in [0, 0.05) is 70.0 Å². The molecule has 188 valence electrons. The number of hydrogen-bond donors (Lipinski definition) is 1. The first-order valence-electron chi connectivity index (χ1n) is 13.3. The summed E-state index contributed by atoms with van der Waals surface area (Å²) in [4.78, 5) is 20.0. The lowest BCUT2D eigenvalue weighted by Crippen LogP contribution is -2.55. The molecule has 2 aromatic carbocycles. The van der Waals surface area contributed by atoms with Crippen molar-refractivity contribution in [3.05, 3.63) is 60.2 Å². The predicted molar refractivity (Wildman–Crippen MR) is 141 cm³/mol. The van der Waals surface area contributed by atoms with Crippen LogP contribution in [0, 0.1) is 11.8 Å². The molecule has 0 unspecified atom stereocenters. The van der Waals surface area contributed by atoms with E-state index in [-0.39, 0.29) is 0 Å². The van der Waals surface area contributed by atoms with Crippen molar-refractivity contribution in [3.8, 4) is 5.75 Å². The second kappa shape index (κ2) is 11.4. The lowest BCUT2D eigenvalue weighted by atomic mass is 9.79. The van der Waals surface area contributed by atoms with Crippen molar-refractivity contribution in [1.29, 1.82) is 0 Å². The van der Waals surface area contributed by atoms with Crippen LogP contribution in [0.3, 0.4) is 0 Å². The third kappa shape index (κ3) is 6.17. The average Bonchev–Trinajstić information content (AvgIpc) is 2.90. The van der Waals surface area contributed by atoms with E-state index in [0.29, 0.717) is 24.3 Å². The van der Waals surface area contributed by atoms with Crippen molar-refractivity contribution < 1.29 is 9.53 Å². The SMILES string of the molecule is COc1cccc(N2CCN(C(=O)CCC[C@H]3NC[C@@H]4C[C@H]3CN(Cc3ccccc3)C4)CC2)c1. The van der Waals surface area contributed by atoms with Gasteiger partial charge in [0.05, 0.1) is 7.11 Å². The Morgan fingerprint density at radius 3 is 2.66 bits per heavy atom. The Morgan fingerprint density at radius 1 is 1.03 bits per heavy atom. The topological polar surface area (TPSA) is 48.1 Å². The van der Waals surface area contributed by atoms with E-state index < -0.39 is 0 Å². The number of ether oxygens (including phenoxy) is 1. The number of piperazine rings is 1. The number of nitrogens with zero attached hydrogens (tertiary/aromatic N) is 3. The van der Waals surface area contributed by atoms with Crippen molar-refractivity contribution in [3.63, 3.8) is 0 Å². The molecule has 3 aliphatic rings. The van der Waals surface area contributed by atoms with E-state index in [1.54, 1.807) is 7.11 Å². The number of benzene rings is 2. The molecule has 1 amide bonds. The monoisotopic (exact) mass is 476 g/mol. The highest BCUT2D eigenvalue weighted by Crippen LogP contribution is 2.31. The second-order valence-corrected chi connectivity index (χ2v) is 10.5. The highest BCUT2D eigenvalue weighted by molar-refractivity contribution is 5.76. The van der Waals surface area contributed by atoms with Gasteiger partial charge >= 0.3 is 0 Å². The number of fused-ring (bicyclic) bond motifs is 2. The van der Waals surface area contributed by atoms with Gasteiger partial charge in [-0.1, -0.05) is 36.4 Å². The number of likely N-dealkylation sites (tertiary alicyclic amines) is 1. The summed E-state index contributed by atoms with van der Waals surface area (Å²) in [5.41, 5.74) is 2.58. The molecule has 0 aromatic heterocycles. The van der Waals surface area contributed by atoms with Gasteiger partial charge in [0.1, 0.15) is 5.75 Å². The maximum Gasteiger partial charge on any atom is 0.222 e. The van der Waals surface area contributed by atoms with Gasteiger partial charge in [0.15, 0.2) is 0 Å². The van der Waals surface area contributed by atoms with E-state index >= 15 is 0 Å². The zero-order valence-corrected chi connectivity index (χ0v) is 21.1. The smallest absolute Gasteiger partial charge is 0.222 e. The largest absolute Gasteiger partial charge is 0.497 e. The van der Waals surface area contributed by atoms with Crippen molar-refractivity contribution in [2.45, 2.75) is 38.3 Å². The molecular formula is C29H40N4O2. The molecule has 1 N–H and O–H groups in total. The van der Waals surface area contributed by atoms with Crippen molar-refractivity contribution in [2.24, 2.45) is 11.8 Å². The fourth-order valence-corrected chi connectivity index (χ4v) is 6.23. The number of piperidine rings is 2. The molecule has 0 spiro atoms. The highest BCUT2D eigenvalue weighted by atomic mass is 16.5. The Labute approximate surface area is 210 Å². The van der Waals surface area contributed by atoms with E-state index in [9.17, 15) is 4.79 Å². The number of rotatable bonds is 8. The molecule has 3 aliphatic heterocycles. The first-order valence-corrected chi connectivity index (χ1v) is 13.3. The maximum atomic E-state index is 12.9. The molecule has 3 heterocycles. The van der Waals surface area contributed by atoms with Gasteiger partial charge in [0.2, 0.25) is 5.91 Å². The predicted octanol–water partition coefficient (Wildman–Crippen LogP) is 3.62. The summed E-state index contributed by atoms with van der Waals surface area (Å²) in [6.45, 7) is 7.91. The van der Waals surface area contributed by atoms with E-state index in [2.05, 4.69) is 62.5 Å². The first kappa shape index (κ1) is 24.1. The van der Waals surface area contributed by atoms with E-state index in [1.165, 1.54) is 30.8 Å². The Morgan fingerprint density at radius 2 is 1.86 bits per heavy atom. The number of methoxy groups -OCH3 is 1. The molecule has 0 saturated carbocycles. The van der Waals surface area contributed by atoms with Crippen LogP contribution in [0.5, 0.6) is 5.75 Å². The van der Waals surface area contributed by atoms with Crippen molar-refractivity contribution in [2.75, 3.05) is 57.8 Å². The molecule has 5 rings (SSSR count). The minimum absolute atomic E-state index is 0.318. The van der Waals surface area contributed by atoms with Crippen LogP contribution in [-0.4, -0.2) is 74.7 Å². The van der Waals surface area contributed by atoms with Gasteiger partial charge in [0.25, 0.3) is 0 Å².